The Hall–Kier alpha value is -3.45. The molecule has 0 N–H and O–H groups in total. The maximum absolute atomic E-state index is 13.2. The zero-order chi connectivity index (χ0) is 34.1. The van der Waals surface area contributed by atoms with Gasteiger partial charge in [-0.05, 0) is 62.6 Å². The SMILES string of the molecule is C=C1C[C@H](C)C[C@@H]2CC=C[C@@H](CC#CC(=O)OC([C@H](/C=C/[C@@H]3CC(C)=CCO3)OCc3ccc(OC)cc3)C/C=C/[C@@H](OCOC)C1)O2. The smallest absolute Gasteiger partial charge is 0.384 e. The van der Waals surface area contributed by atoms with E-state index in [1.165, 1.54) is 5.57 Å². The number of methoxy groups -OCH3 is 2. The van der Waals surface area contributed by atoms with Crippen LogP contribution in [0.5, 0.6) is 5.75 Å². The van der Waals surface area contributed by atoms with Crippen molar-refractivity contribution in [1.82, 2.24) is 0 Å². The zero-order valence-electron chi connectivity index (χ0n) is 28.9. The highest BCUT2D eigenvalue weighted by Gasteiger charge is 2.25. The molecule has 8 heteroatoms. The van der Waals surface area contributed by atoms with Gasteiger partial charge >= 0.3 is 5.97 Å². The van der Waals surface area contributed by atoms with Crippen molar-refractivity contribution < 1.29 is 38.0 Å². The summed E-state index contributed by atoms with van der Waals surface area (Å²) >= 11 is 0. The number of esters is 1. The molecule has 7 atom stereocenters. The molecule has 3 heterocycles. The Labute approximate surface area is 286 Å². The van der Waals surface area contributed by atoms with Crippen LogP contribution < -0.4 is 4.74 Å². The molecule has 3 aliphatic heterocycles. The number of hydrogen-bond donors (Lipinski definition) is 0. The van der Waals surface area contributed by atoms with E-state index in [1.807, 2.05) is 54.6 Å². The van der Waals surface area contributed by atoms with Gasteiger partial charge in [0.25, 0.3) is 0 Å². The molecule has 8 nitrogen and oxygen atoms in total. The summed E-state index contributed by atoms with van der Waals surface area (Å²) in [7, 11) is 3.24. The fourth-order valence-corrected chi connectivity index (χ4v) is 6.07. The molecule has 0 aliphatic carbocycles. The second kappa shape index (κ2) is 20.2. The van der Waals surface area contributed by atoms with Crippen LogP contribution in [0, 0.1) is 17.8 Å². The van der Waals surface area contributed by atoms with Crippen molar-refractivity contribution in [3.8, 4) is 17.6 Å². The minimum absolute atomic E-state index is 0.0973. The Balaban J connectivity index is 1.60. The number of carbonyl (C=O) groups excluding carboxylic acids is 1. The second-order valence-electron chi connectivity index (χ2n) is 12.8. The van der Waals surface area contributed by atoms with Crippen LogP contribution in [-0.2, 0) is 39.8 Å². The first-order valence-electron chi connectivity index (χ1n) is 17.0. The van der Waals surface area contributed by atoms with Gasteiger partial charge in [0.1, 0.15) is 24.8 Å². The predicted octanol–water partition coefficient (Wildman–Crippen LogP) is 7.20. The highest BCUT2D eigenvalue weighted by molar-refractivity contribution is 5.88. The van der Waals surface area contributed by atoms with E-state index in [0.29, 0.717) is 38.4 Å². The van der Waals surface area contributed by atoms with Crippen molar-refractivity contribution in [1.29, 1.82) is 0 Å². The summed E-state index contributed by atoms with van der Waals surface area (Å²) in [6.45, 7) is 9.72. The van der Waals surface area contributed by atoms with Gasteiger partial charge in [-0.2, -0.15) is 0 Å². The van der Waals surface area contributed by atoms with E-state index in [1.54, 1.807) is 14.2 Å². The quantitative estimate of drug-likeness (QED) is 0.0857. The van der Waals surface area contributed by atoms with Crippen molar-refractivity contribution in [2.24, 2.45) is 5.92 Å². The molecule has 4 rings (SSSR count). The third-order valence-electron chi connectivity index (χ3n) is 8.53. The molecule has 0 aromatic heterocycles. The normalized spacial score (nSPS) is 28.7. The van der Waals surface area contributed by atoms with E-state index in [4.69, 9.17) is 33.2 Å². The lowest BCUT2D eigenvalue weighted by Crippen LogP contribution is -2.32. The molecule has 0 saturated heterocycles. The molecule has 3 aliphatic rings. The molecule has 0 spiro atoms. The molecule has 260 valence electrons. The predicted molar refractivity (Wildman–Crippen MR) is 186 cm³/mol. The second-order valence-corrected chi connectivity index (χ2v) is 12.8. The third-order valence-corrected chi connectivity index (χ3v) is 8.53. The monoisotopic (exact) mass is 660 g/mol. The molecule has 0 saturated carbocycles. The van der Waals surface area contributed by atoms with Crippen molar-refractivity contribution in [2.75, 3.05) is 27.6 Å². The van der Waals surface area contributed by atoms with E-state index in [9.17, 15) is 4.79 Å². The van der Waals surface area contributed by atoms with Gasteiger partial charge in [-0.3, -0.25) is 0 Å². The number of ether oxygens (including phenoxy) is 7. The highest BCUT2D eigenvalue weighted by Crippen LogP contribution is 2.26. The molecular formula is C40H52O8. The number of cyclic esters (lactones) is 1. The Morgan fingerprint density at radius 2 is 1.90 bits per heavy atom. The van der Waals surface area contributed by atoms with Gasteiger partial charge in [0.05, 0.1) is 44.7 Å². The van der Waals surface area contributed by atoms with Crippen LogP contribution in [0.15, 0.2) is 84.5 Å². The molecule has 0 fully saturated rings. The van der Waals surface area contributed by atoms with Crippen LogP contribution in [0.3, 0.4) is 0 Å². The molecular weight excluding hydrogens is 608 g/mol. The molecule has 1 aromatic carbocycles. The summed E-state index contributed by atoms with van der Waals surface area (Å²) in [6, 6.07) is 7.70. The topological polar surface area (TPSA) is 81.7 Å². The third kappa shape index (κ3) is 13.2. The lowest BCUT2D eigenvalue weighted by molar-refractivity contribution is -0.148. The molecule has 1 unspecified atom stereocenters. The minimum atomic E-state index is -0.668. The Kier molecular flexibility index (Phi) is 15.7. The summed E-state index contributed by atoms with van der Waals surface area (Å²) in [5.74, 6) is 6.24. The summed E-state index contributed by atoms with van der Waals surface area (Å²) in [6.07, 6.45) is 17.4. The Morgan fingerprint density at radius 1 is 1.08 bits per heavy atom. The van der Waals surface area contributed by atoms with Gasteiger partial charge in [-0.1, -0.05) is 85.2 Å². The fourth-order valence-electron chi connectivity index (χ4n) is 6.07. The van der Waals surface area contributed by atoms with Crippen LogP contribution in [0.25, 0.3) is 0 Å². The molecule has 1 aromatic rings. The van der Waals surface area contributed by atoms with E-state index in [0.717, 1.165) is 42.6 Å². The van der Waals surface area contributed by atoms with Crippen LogP contribution in [0.4, 0.5) is 0 Å². The Bertz CT molecular complexity index is 1350. The Morgan fingerprint density at radius 3 is 2.67 bits per heavy atom. The van der Waals surface area contributed by atoms with Gasteiger partial charge < -0.3 is 33.2 Å². The van der Waals surface area contributed by atoms with E-state index in [2.05, 4.69) is 44.4 Å². The van der Waals surface area contributed by atoms with Crippen molar-refractivity contribution in [3.05, 3.63) is 90.1 Å². The standard InChI is InChI=1S/C40H52O8/c1-29-21-22-44-36(24-29)19-20-38(45-27-32-15-17-33(43-5)18-16-32)39-13-7-11-35(46-28-42-4)25-30(2)23-31(3)26-37-12-6-9-34(47-37)10-8-14-40(41)48-39/h6-7,9,11,15-21,31,34-39H,2,10,12-13,22-28H2,1,3-5H3/b11-7+,20-19+/t31-,34-,35+,36+,37-,38-,39?/m0/s1. The van der Waals surface area contributed by atoms with Crippen molar-refractivity contribution in [3.63, 3.8) is 0 Å². The average molecular weight is 661 g/mol. The van der Waals surface area contributed by atoms with Crippen LogP contribution >= 0.6 is 0 Å². The molecule has 0 amide bonds. The number of carbonyl (C=O) groups is 1. The van der Waals surface area contributed by atoms with E-state index in [-0.39, 0.29) is 31.2 Å². The summed E-state index contributed by atoms with van der Waals surface area (Å²) in [4.78, 5) is 13.2. The molecule has 0 radical (unpaired) electrons. The van der Waals surface area contributed by atoms with Crippen LogP contribution in [-0.4, -0.2) is 70.2 Å². The van der Waals surface area contributed by atoms with Gasteiger partial charge in [-0.15, -0.1) is 0 Å². The molecule has 48 heavy (non-hydrogen) atoms. The van der Waals surface area contributed by atoms with E-state index < -0.39 is 18.2 Å². The van der Waals surface area contributed by atoms with Gasteiger partial charge in [0.15, 0.2) is 0 Å². The number of hydrogen-bond acceptors (Lipinski definition) is 8. The summed E-state index contributed by atoms with van der Waals surface area (Å²) in [5.41, 5.74) is 3.34. The maximum Gasteiger partial charge on any atom is 0.384 e. The summed E-state index contributed by atoms with van der Waals surface area (Å²) in [5, 5.41) is 0. The van der Waals surface area contributed by atoms with Crippen molar-refractivity contribution in [2.45, 2.75) is 102 Å². The lowest BCUT2D eigenvalue weighted by atomic mass is 9.91. The first-order chi connectivity index (χ1) is 23.3. The minimum Gasteiger partial charge on any atom is -0.497 e. The largest absolute Gasteiger partial charge is 0.497 e. The van der Waals surface area contributed by atoms with Crippen LogP contribution in [0.2, 0.25) is 0 Å². The van der Waals surface area contributed by atoms with Crippen LogP contribution in [0.1, 0.15) is 64.4 Å². The number of benzene rings is 1. The zero-order valence-corrected chi connectivity index (χ0v) is 28.9. The van der Waals surface area contributed by atoms with Gasteiger partial charge in [0, 0.05) is 25.9 Å². The lowest BCUT2D eigenvalue weighted by Gasteiger charge is -2.28. The van der Waals surface area contributed by atoms with Gasteiger partial charge in [-0.25, -0.2) is 4.79 Å². The highest BCUT2D eigenvalue weighted by atomic mass is 16.7. The van der Waals surface area contributed by atoms with Crippen molar-refractivity contribution >= 4 is 5.97 Å². The molecule has 2 bridgehead atoms. The number of fused-ring (bicyclic) bond motifs is 2. The number of rotatable bonds is 10. The fraction of sp³-hybridized carbons (Fsp3) is 0.525. The first kappa shape index (κ1) is 37.4. The van der Waals surface area contributed by atoms with Gasteiger partial charge in [0.2, 0.25) is 0 Å². The average Bonchev–Trinajstić information content (AvgIpc) is 3.06. The summed E-state index contributed by atoms with van der Waals surface area (Å²) < 4.78 is 41.3. The maximum atomic E-state index is 13.2. The van der Waals surface area contributed by atoms with E-state index >= 15 is 0 Å². The first-order valence-corrected chi connectivity index (χ1v) is 17.0.